The molecule has 0 aliphatic carbocycles. The number of hydrogen-bond donors (Lipinski definition) is 1. The highest BCUT2D eigenvalue weighted by atomic mass is 35.5. The minimum Gasteiger partial charge on any atom is -0.846 e. The second kappa shape index (κ2) is 10.3. The number of ether oxygens (including phenoxy) is 1. The number of halogens is 1. The molecule has 170 valence electrons. The van der Waals surface area contributed by atoms with Crippen LogP contribution in [-0.4, -0.2) is 56.5 Å². The van der Waals surface area contributed by atoms with E-state index in [1.165, 1.54) is 6.21 Å². The molecule has 0 unspecified atom stereocenters. The number of benzene rings is 1. The van der Waals surface area contributed by atoms with Crippen molar-refractivity contribution in [3.63, 3.8) is 0 Å². The Hall–Kier alpha value is -2.61. The third kappa shape index (κ3) is 4.75. The highest BCUT2D eigenvalue weighted by molar-refractivity contribution is 6.31. The topological polar surface area (TPSA) is 88.1 Å². The third-order valence-electron chi connectivity index (χ3n) is 5.73. The first-order valence-electron chi connectivity index (χ1n) is 11.1. The summed E-state index contributed by atoms with van der Waals surface area (Å²) in [7, 11) is 0. The second-order valence-electron chi connectivity index (χ2n) is 7.94. The normalized spacial score (nSPS) is 18.8. The number of fused-ring (bicyclic) bond motifs is 3. The standard InChI is InChI=1S/C24H29ClN4O3/c1-2-3-4-10-29-22-19-15-18(25)7-8-20(19)32-23(22)21(27-24(29)30)17(16-26)6-5-9-28-11-13-31-14-12-28/h5-8,15-16,26H,2-4,9-14H2,1H3,(H,27,30)/p-1. The van der Waals surface area contributed by atoms with Gasteiger partial charge in [0.1, 0.15) is 11.3 Å². The monoisotopic (exact) mass is 455 g/mol. The van der Waals surface area contributed by atoms with Crippen LogP contribution >= 0.6 is 11.6 Å². The van der Waals surface area contributed by atoms with Crippen LogP contribution in [0.1, 0.15) is 31.9 Å². The fourth-order valence-corrected chi connectivity index (χ4v) is 4.19. The first-order chi connectivity index (χ1) is 15.6. The van der Waals surface area contributed by atoms with Gasteiger partial charge in [-0.3, -0.25) is 4.90 Å². The molecule has 2 aliphatic heterocycles. The van der Waals surface area contributed by atoms with E-state index in [-0.39, 0.29) is 6.02 Å². The predicted octanol–water partition coefficient (Wildman–Crippen LogP) is 4.06. The molecule has 7 nitrogen and oxygen atoms in total. The maximum absolute atomic E-state index is 13.1. The lowest BCUT2D eigenvalue weighted by Gasteiger charge is -2.33. The molecule has 0 radical (unpaired) electrons. The average Bonchev–Trinajstić information content (AvgIpc) is 3.17. The molecule has 0 saturated carbocycles. The van der Waals surface area contributed by atoms with Gasteiger partial charge in [0.25, 0.3) is 0 Å². The van der Waals surface area contributed by atoms with Crippen molar-refractivity contribution in [2.75, 3.05) is 44.3 Å². The van der Waals surface area contributed by atoms with Crippen LogP contribution in [0.5, 0.6) is 0 Å². The van der Waals surface area contributed by atoms with Gasteiger partial charge in [-0.15, -0.1) is 0 Å². The number of nitrogens with zero attached hydrogens (tertiary/aromatic N) is 3. The molecule has 1 saturated heterocycles. The first-order valence-corrected chi connectivity index (χ1v) is 11.5. The van der Waals surface area contributed by atoms with Crippen LogP contribution < -0.4 is 10.0 Å². The maximum Gasteiger partial charge on any atom is 0.178 e. The van der Waals surface area contributed by atoms with Crippen LogP contribution in [0.4, 0.5) is 5.69 Å². The number of allylic oxidation sites excluding steroid dienone is 2. The maximum atomic E-state index is 13.1. The molecule has 0 atom stereocenters. The number of rotatable bonds is 8. The zero-order chi connectivity index (χ0) is 22.5. The molecule has 4 rings (SSSR count). The van der Waals surface area contributed by atoms with Crippen LogP contribution in [0, 0.1) is 5.41 Å². The summed E-state index contributed by atoms with van der Waals surface area (Å²) in [5.41, 5.74) is 2.25. The Balaban J connectivity index is 1.74. The molecule has 0 amide bonds. The number of furan rings is 1. The summed E-state index contributed by atoms with van der Waals surface area (Å²) in [6.45, 7) is 6.65. The van der Waals surface area contributed by atoms with Crippen molar-refractivity contribution >= 4 is 46.2 Å². The molecule has 1 N–H and O–H groups in total. The summed E-state index contributed by atoms with van der Waals surface area (Å²) in [6.07, 6.45) is 8.01. The first kappa shape index (κ1) is 22.6. The van der Waals surface area contributed by atoms with Gasteiger partial charge in [-0.05, 0) is 24.6 Å². The summed E-state index contributed by atoms with van der Waals surface area (Å²) >= 11 is 6.26. The van der Waals surface area contributed by atoms with E-state index in [1.807, 2.05) is 18.2 Å². The summed E-state index contributed by atoms with van der Waals surface area (Å²) in [5, 5.41) is 22.4. The van der Waals surface area contributed by atoms with E-state index in [4.69, 9.17) is 26.2 Å². The van der Waals surface area contributed by atoms with Gasteiger partial charge in [-0.1, -0.05) is 43.5 Å². The average molecular weight is 456 g/mol. The Labute approximate surface area is 193 Å². The number of hydrogen-bond acceptors (Lipinski definition) is 7. The number of unbranched alkanes of at least 4 members (excludes halogenated alkanes) is 2. The smallest absolute Gasteiger partial charge is 0.178 e. The van der Waals surface area contributed by atoms with Gasteiger partial charge >= 0.3 is 0 Å². The van der Waals surface area contributed by atoms with Crippen LogP contribution in [0.15, 0.2) is 45.3 Å². The molecule has 3 heterocycles. The molecule has 8 heteroatoms. The second-order valence-corrected chi connectivity index (χ2v) is 8.37. The van der Waals surface area contributed by atoms with Crippen molar-refractivity contribution < 1.29 is 14.3 Å². The Kier molecular flexibility index (Phi) is 7.29. The fourth-order valence-electron chi connectivity index (χ4n) is 4.02. The number of aliphatic imine (C=N–C) groups is 1. The van der Waals surface area contributed by atoms with Crippen molar-refractivity contribution in [1.29, 1.82) is 5.41 Å². The highest BCUT2D eigenvalue weighted by Crippen LogP contribution is 2.43. The van der Waals surface area contributed by atoms with Crippen molar-refractivity contribution in [1.82, 2.24) is 4.90 Å². The van der Waals surface area contributed by atoms with Crippen molar-refractivity contribution in [3.05, 3.63) is 46.7 Å². The molecule has 0 bridgehead atoms. The van der Waals surface area contributed by atoms with Crippen LogP contribution in [-0.2, 0) is 4.74 Å². The largest absolute Gasteiger partial charge is 0.846 e. The molecule has 2 aromatic rings. The summed E-state index contributed by atoms with van der Waals surface area (Å²) in [4.78, 5) is 8.30. The van der Waals surface area contributed by atoms with Gasteiger partial charge in [0.2, 0.25) is 0 Å². The fraction of sp³-hybridized carbons (Fsp3) is 0.417. The lowest BCUT2D eigenvalue weighted by molar-refractivity contribution is -0.218. The van der Waals surface area contributed by atoms with Crippen molar-refractivity contribution in [2.24, 2.45) is 4.99 Å². The van der Waals surface area contributed by atoms with E-state index in [2.05, 4.69) is 16.8 Å². The van der Waals surface area contributed by atoms with E-state index in [0.29, 0.717) is 39.9 Å². The molecule has 1 aromatic heterocycles. The highest BCUT2D eigenvalue weighted by Gasteiger charge is 2.28. The summed E-state index contributed by atoms with van der Waals surface area (Å²) in [6, 6.07) is 5.05. The van der Waals surface area contributed by atoms with E-state index < -0.39 is 0 Å². The zero-order valence-electron chi connectivity index (χ0n) is 18.3. The van der Waals surface area contributed by atoms with E-state index >= 15 is 0 Å². The number of nitrogens with one attached hydrogen (secondary N) is 1. The summed E-state index contributed by atoms with van der Waals surface area (Å²) in [5.74, 6) is 0.507. The van der Waals surface area contributed by atoms with E-state index in [9.17, 15) is 5.11 Å². The van der Waals surface area contributed by atoms with Gasteiger partial charge in [-0.25, -0.2) is 4.99 Å². The van der Waals surface area contributed by atoms with Gasteiger partial charge in [0, 0.05) is 48.4 Å². The molecule has 1 aromatic carbocycles. The molecule has 1 fully saturated rings. The molecular weight excluding hydrogens is 428 g/mol. The number of anilines is 1. The SMILES string of the molecule is CCCCCN1C([O-])=NC(=C(C=N)C=CCN2CCOCC2)c2oc3ccc(Cl)cc3c21. The van der Waals surface area contributed by atoms with Crippen LogP contribution in [0.2, 0.25) is 5.02 Å². The molecule has 2 aliphatic rings. The Morgan fingerprint density at radius 2 is 2.09 bits per heavy atom. The van der Waals surface area contributed by atoms with Gasteiger partial charge in [0.15, 0.2) is 5.76 Å². The van der Waals surface area contributed by atoms with Gasteiger partial charge < -0.3 is 24.6 Å². The minimum atomic E-state index is -0.341. The Morgan fingerprint density at radius 3 is 2.84 bits per heavy atom. The molecule has 32 heavy (non-hydrogen) atoms. The quantitative estimate of drug-likeness (QED) is 0.479. The lowest BCUT2D eigenvalue weighted by Crippen LogP contribution is -2.42. The van der Waals surface area contributed by atoms with Crippen LogP contribution in [0.3, 0.4) is 0 Å². The zero-order valence-corrected chi connectivity index (χ0v) is 19.0. The summed E-state index contributed by atoms with van der Waals surface area (Å²) < 4.78 is 11.5. The Bertz CT molecular complexity index is 1070. The van der Waals surface area contributed by atoms with Gasteiger partial charge in [-0.2, -0.15) is 0 Å². The van der Waals surface area contributed by atoms with Crippen LogP contribution in [0.25, 0.3) is 16.7 Å². The Morgan fingerprint density at radius 1 is 1.28 bits per heavy atom. The number of amidine groups is 1. The minimum absolute atomic E-state index is 0.341. The molecular formula is C24H28ClN4O3-. The predicted molar refractivity (Wildman–Crippen MR) is 128 cm³/mol. The van der Waals surface area contributed by atoms with E-state index in [0.717, 1.165) is 57.5 Å². The molecule has 0 spiro atoms. The van der Waals surface area contributed by atoms with Crippen molar-refractivity contribution in [2.45, 2.75) is 26.2 Å². The third-order valence-corrected chi connectivity index (χ3v) is 5.96. The van der Waals surface area contributed by atoms with Gasteiger partial charge in [0.05, 0.1) is 24.9 Å². The van der Waals surface area contributed by atoms with E-state index in [1.54, 1.807) is 17.0 Å². The van der Waals surface area contributed by atoms with Crippen molar-refractivity contribution in [3.8, 4) is 0 Å². The number of morpholine rings is 1. The lowest BCUT2D eigenvalue weighted by atomic mass is 10.1.